The van der Waals surface area contributed by atoms with Crippen LogP contribution in [0.2, 0.25) is 0 Å². The Morgan fingerprint density at radius 3 is 2.50 bits per heavy atom. The number of hydrogen-bond acceptors (Lipinski definition) is 6. The molecule has 0 bridgehead atoms. The minimum absolute atomic E-state index is 0.0643. The van der Waals surface area contributed by atoms with E-state index in [-0.39, 0.29) is 17.9 Å². The Bertz CT molecular complexity index is 747. The van der Waals surface area contributed by atoms with Crippen LogP contribution in [0.5, 0.6) is 0 Å². The molecule has 0 unspecified atom stereocenters. The zero-order valence-corrected chi connectivity index (χ0v) is 18.9. The maximum absolute atomic E-state index is 12.4. The minimum Gasteiger partial charge on any atom is -0.363 e. The van der Waals surface area contributed by atoms with Gasteiger partial charge in [0.2, 0.25) is 11.8 Å². The van der Waals surface area contributed by atoms with Crippen molar-refractivity contribution in [1.82, 2.24) is 25.1 Å². The van der Waals surface area contributed by atoms with Crippen LogP contribution in [-0.2, 0) is 16.1 Å². The van der Waals surface area contributed by atoms with Gasteiger partial charge in [-0.25, -0.2) is 9.97 Å². The molecule has 1 aromatic rings. The Labute approximate surface area is 180 Å². The number of rotatable bonds is 7. The fourth-order valence-electron chi connectivity index (χ4n) is 4.47. The molecule has 0 radical (unpaired) electrons. The summed E-state index contributed by atoms with van der Waals surface area (Å²) in [5, 5.41) is 3.17. The molecule has 8 heteroatoms. The molecule has 2 aliphatic rings. The third-order valence-electron chi connectivity index (χ3n) is 6.01. The Morgan fingerprint density at radius 1 is 1.10 bits per heavy atom. The molecule has 0 spiro atoms. The molecule has 1 atom stereocenters. The van der Waals surface area contributed by atoms with Gasteiger partial charge in [0.1, 0.15) is 5.82 Å². The second-order valence-electron chi connectivity index (χ2n) is 8.92. The number of amides is 2. The summed E-state index contributed by atoms with van der Waals surface area (Å²) >= 11 is 0. The van der Waals surface area contributed by atoms with Gasteiger partial charge in [-0.3, -0.25) is 14.5 Å². The SMILES string of the molecule is CC(=O)N1CCC[C@H]1c1nc(CN(C)CC(=O)NC2CCCCC2)cc(N(C)C)n1. The van der Waals surface area contributed by atoms with Crippen LogP contribution in [0.25, 0.3) is 0 Å². The van der Waals surface area contributed by atoms with E-state index in [1.807, 2.05) is 41.9 Å². The molecule has 2 fully saturated rings. The maximum Gasteiger partial charge on any atom is 0.234 e. The van der Waals surface area contributed by atoms with E-state index in [2.05, 4.69) is 5.32 Å². The summed E-state index contributed by atoms with van der Waals surface area (Å²) in [6, 6.07) is 2.22. The summed E-state index contributed by atoms with van der Waals surface area (Å²) in [7, 11) is 5.85. The number of carbonyl (C=O) groups excluding carboxylic acids is 2. The molecule has 30 heavy (non-hydrogen) atoms. The molecule has 2 amide bonds. The van der Waals surface area contributed by atoms with Crippen molar-refractivity contribution in [2.45, 2.75) is 70.5 Å². The van der Waals surface area contributed by atoms with E-state index in [1.54, 1.807) is 6.92 Å². The quantitative estimate of drug-likeness (QED) is 0.733. The maximum atomic E-state index is 12.4. The lowest BCUT2D eigenvalue weighted by atomic mass is 9.95. The summed E-state index contributed by atoms with van der Waals surface area (Å²) in [6.45, 7) is 3.26. The summed E-state index contributed by atoms with van der Waals surface area (Å²) in [5.74, 6) is 1.66. The number of likely N-dealkylation sites (N-methyl/N-ethyl adjacent to an activating group) is 1. The van der Waals surface area contributed by atoms with Crippen molar-refractivity contribution >= 4 is 17.6 Å². The summed E-state index contributed by atoms with van der Waals surface area (Å²) in [4.78, 5) is 39.8. The molecule has 0 aromatic carbocycles. The van der Waals surface area contributed by atoms with Gasteiger partial charge in [-0.2, -0.15) is 0 Å². The van der Waals surface area contributed by atoms with E-state index in [1.165, 1.54) is 19.3 Å². The third-order valence-corrected chi connectivity index (χ3v) is 6.01. The molecule has 166 valence electrons. The van der Waals surface area contributed by atoms with Crippen molar-refractivity contribution in [1.29, 1.82) is 0 Å². The predicted octanol–water partition coefficient (Wildman–Crippen LogP) is 2.11. The lowest BCUT2D eigenvalue weighted by Gasteiger charge is -2.25. The standard InChI is InChI=1S/C22H36N6O2/c1-16(29)28-12-8-11-19(28)22-24-18(13-20(25-22)26(2)3)14-27(4)15-21(30)23-17-9-6-5-7-10-17/h13,17,19H,5-12,14-15H2,1-4H3,(H,23,30)/t19-/m0/s1. The van der Waals surface area contributed by atoms with Crippen LogP contribution in [0.1, 0.15) is 69.4 Å². The number of nitrogens with one attached hydrogen (secondary N) is 1. The first-order valence-electron chi connectivity index (χ1n) is 11.1. The Balaban J connectivity index is 1.67. The molecular weight excluding hydrogens is 380 g/mol. The molecule has 1 aromatic heterocycles. The average molecular weight is 417 g/mol. The number of likely N-dealkylation sites (tertiary alicyclic amines) is 1. The molecule has 3 rings (SSSR count). The highest BCUT2D eigenvalue weighted by Crippen LogP contribution is 2.31. The van der Waals surface area contributed by atoms with E-state index in [0.717, 1.165) is 43.7 Å². The number of carbonyl (C=O) groups is 2. The van der Waals surface area contributed by atoms with Crippen molar-refractivity contribution in [2.75, 3.05) is 39.1 Å². The first-order chi connectivity index (χ1) is 14.3. The summed E-state index contributed by atoms with van der Waals surface area (Å²) < 4.78 is 0. The van der Waals surface area contributed by atoms with Crippen molar-refractivity contribution in [3.05, 3.63) is 17.6 Å². The molecule has 1 saturated carbocycles. The van der Waals surface area contributed by atoms with Crippen molar-refractivity contribution in [2.24, 2.45) is 0 Å². The fraction of sp³-hybridized carbons (Fsp3) is 0.727. The average Bonchev–Trinajstić information content (AvgIpc) is 3.18. The fourth-order valence-corrected chi connectivity index (χ4v) is 4.47. The summed E-state index contributed by atoms with van der Waals surface area (Å²) in [5.41, 5.74) is 0.868. The number of anilines is 1. The van der Waals surface area contributed by atoms with Crippen LogP contribution in [0, 0.1) is 0 Å². The topological polar surface area (TPSA) is 81.7 Å². The molecule has 2 heterocycles. The first-order valence-corrected chi connectivity index (χ1v) is 11.1. The van der Waals surface area contributed by atoms with E-state index < -0.39 is 0 Å². The van der Waals surface area contributed by atoms with Gasteiger partial charge < -0.3 is 15.1 Å². The smallest absolute Gasteiger partial charge is 0.234 e. The van der Waals surface area contributed by atoms with Crippen molar-refractivity contribution in [3.8, 4) is 0 Å². The minimum atomic E-state index is -0.0685. The van der Waals surface area contributed by atoms with Gasteiger partial charge in [0.05, 0.1) is 18.3 Å². The zero-order valence-electron chi connectivity index (χ0n) is 18.9. The van der Waals surface area contributed by atoms with Crippen LogP contribution in [0.3, 0.4) is 0 Å². The molecule has 8 nitrogen and oxygen atoms in total. The Hall–Kier alpha value is -2.22. The monoisotopic (exact) mass is 416 g/mol. The molecule has 1 aliphatic heterocycles. The number of hydrogen-bond donors (Lipinski definition) is 1. The second kappa shape index (κ2) is 10.2. The van der Waals surface area contributed by atoms with E-state index >= 15 is 0 Å². The van der Waals surface area contributed by atoms with Gasteiger partial charge in [0.15, 0.2) is 5.82 Å². The van der Waals surface area contributed by atoms with E-state index in [9.17, 15) is 9.59 Å². The van der Waals surface area contributed by atoms with Crippen molar-refractivity contribution in [3.63, 3.8) is 0 Å². The van der Waals surface area contributed by atoms with Gasteiger partial charge in [0.25, 0.3) is 0 Å². The normalized spacial score (nSPS) is 19.9. The second-order valence-corrected chi connectivity index (χ2v) is 8.92. The van der Waals surface area contributed by atoms with E-state index in [4.69, 9.17) is 9.97 Å². The Morgan fingerprint density at radius 2 is 1.83 bits per heavy atom. The molecule has 1 saturated heterocycles. The van der Waals surface area contributed by atoms with Gasteiger partial charge in [-0.15, -0.1) is 0 Å². The number of nitrogens with zero attached hydrogens (tertiary/aromatic N) is 5. The van der Waals surface area contributed by atoms with Crippen LogP contribution < -0.4 is 10.2 Å². The van der Waals surface area contributed by atoms with Gasteiger partial charge in [-0.1, -0.05) is 19.3 Å². The van der Waals surface area contributed by atoms with Gasteiger partial charge >= 0.3 is 0 Å². The lowest BCUT2D eigenvalue weighted by molar-refractivity contribution is -0.130. The van der Waals surface area contributed by atoms with Crippen LogP contribution in [0.15, 0.2) is 6.07 Å². The largest absolute Gasteiger partial charge is 0.363 e. The lowest BCUT2D eigenvalue weighted by Crippen LogP contribution is -2.41. The highest BCUT2D eigenvalue weighted by atomic mass is 16.2. The van der Waals surface area contributed by atoms with Crippen LogP contribution >= 0.6 is 0 Å². The van der Waals surface area contributed by atoms with Crippen LogP contribution in [0.4, 0.5) is 5.82 Å². The first kappa shape index (κ1) is 22.5. The predicted molar refractivity (Wildman–Crippen MR) is 117 cm³/mol. The molecular formula is C22H36N6O2. The van der Waals surface area contributed by atoms with E-state index in [0.29, 0.717) is 25.0 Å². The molecule has 1 aliphatic carbocycles. The highest BCUT2D eigenvalue weighted by molar-refractivity contribution is 5.78. The van der Waals surface area contributed by atoms with Gasteiger partial charge in [-0.05, 0) is 32.7 Å². The summed E-state index contributed by atoms with van der Waals surface area (Å²) in [6.07, 6.45) is 7.72. The highest BCUT2D eigenvalue weighted by Gasteiger charge is 2.31. The van der Waals surface area contributed by atoms with Crippen LogP contribution in [-0.4, -0.2) is 71.9 Å². The zero-order chi connectivity index (χ0) is 21.7. The Kier molecular flexibility index (Phi) is 7.64. The van der Waals surface area contributed by atoms with Gasteiger partial charge in [0, 0.05) is 46.2 Å². The third kappa shape index (κ3) is 5.90. The van der Waals surface area contributed by atoms with Crippen molar-refractivity contribution < 1.29 is 9.59 Å². The number of aromatic nitrogens is 2. The molecule has 1 N–H and O–H groups in total.